The number of pyridine rings is 1. The average Bonchev–Trinajstić information content (AvgIpc) is 2.59. The number of halogens is 1. The van der Waals surface area contributed by atoms with Gasteiger partial charge in [-0.15, -0.1) is 0 Å². The summed E-state index contributed by atoms with van der Waals surface area (Å²) in [6.45, 7) is 0.460. The molecule has 74 valence electrons. The van der Waals surface area contributed by atoms with Crippen molar-refractivity contribution in [2.24, 2.45) is 5.73 Å². The number of aromatic nitrogens is 2. The first-order valence-corrected chi connectivity index (χ1v) is 4.95. The largest absolute Gasteiger partial charge is 0.494 e. The zero-order valence-electron chi connectivity index (χ0n) is 7.70. The molecule has 5 heteroatoms. The van der Waals surface area contributed by atoms with Gasteiger partial charge in [0.25, 0.3) is 0 Å². The number of hydrogen-bond acceptors (Lipinski definition) is 3. The summed E-state index contributed by atoms with van der Waals surface area (Å²) in [6, 6.07) is 1.90. The van der Waals surface area contributed by atoms with Gasteiger partial charge in [-0.05, 0) is 22.0 Å². The Hall–Kier alpha value is -1.07. The fourth-order valence-electron chi connectivity index (χ4n) is 1.42. The third kappa shape index (κ3) is 1.38. The zero-order valence-corrected chi connectivity index (χ0v) is 9.28. The predicted molar refractivity (Wildman–Crippen MR) is 57.3 cm³/mol. The van der Waals surface area contributed by atoms with Gasteiger partial charge < -0.3 is 10.5 Å². The molecule has 2 aromatic heterocycles. The number of nitrogens with zero attached hydrogens (tertiary/aromatic N) is 2. The fourth-order valence-corrected chi connectivity index (χ4v) is 1.82. The lowest BCUT2D eigenvalue weighted by Crippen LogP contribution is -1.97. The van der Waals surface area contributed by atoms with Gasteiger partial charge >= 0.3 is 0 Å². The van der Waals surface area contributed by atoms with Crippen molar-refractivity contribution in [1.82, 2.24) is 9.61 Å². The standard InChI is InChI=1S/C9H10BrN3O/c1-14-8-2-7(10)5-13-9(8)6(3-11)4-12-13/h2,4-5H,3,11H2,1H3. The Kier molecular flexibility index (Phi) is 2.43. The van der Waals surface area contributed by atoms with E-state index in [-0.39, 0.29) is 0 Å². The Morgan fingerprint density at radius 2 is 2.43 bits per heavy atom. The summed E-state index contributed by atoms with van der Waals surface area (Å²) in [6.07, 6.45) is 3.63. The van der Waals surface area contributed by atoms with Gasteiger partial charge in [0, 0.05) is 22.8 Å². The van der Waals surface area contributed by atoms with Crippen molar-refractivity contribution in [2.45, 2.75) is 6.54 Å². The Bertz CT molecular complexity index is 466. The second kappa shape index (κ2) is 3.59. The van der Waals surface area contributed by atoms with Crippen LogP contribution in [0.2, 0.25) is 0 Å². The quantitative estimate of drug-likeness (QED) is 0.887. The van der Waals surface area contributed by atoms with Crippen molar-refractivity contribution in [1.29, 1.82) is 0 Å². The smallest absolute Gasteiger partial charge is 0.146 e. The fraction of sp³-hybridized carbons (Fsp3) is 0.222. The summed E-state index contributed by atoms with van der Waals surface area (Å²) in [4.78, 5) is 0. The predicted octanol–water partition coefficient (Wildman–Crippen LogP) is 1.56. The van der Waals surface area contributed by atoms with Gasteiger partial charge in [-0.1, -0.05) is 0 Å². The Morgan fingerprint density at radius 3 is 3.07 bits per heavy atom. The topological polar surface area (TPSA) is 52.5 Å². The van der Waals surface area contributed by atoms with Gasteiger partial charge in [-0.3, -0.25) is 0 Å². The Labute approximate surface area is 89.8 Å². The van der Waals surface area contributed by atoms with E-state index in [2.05, 4.69) is 21.0 Å². The molecule has 14 heavy (non-hydrogen) atoms. The van der Waals surface area contributed by atoms with Gasteiger partial charge in [0.1, 0.15) is 11.3 Å². The third-order valence-corrected chi connectivity index (χ3v) is 2.49. The SMILES string of the molecule is COc1cc(Br)cn2ncc(CN)c12. The van der Waals surface area contributed by atoms with Crippen LogP contribution in [0, 0.1) is 0 Å². The van der Waals surface area contributed by atoms with Crippen LogP contribution < -0.4 is 10.5 Å². The molecular formula is C9H10BrN3O. The second-order valence-electron chi connectivity index (χ2n) is 2.89. The van der Waals surface area contributed by atoms with Gasteiger partial charge in [-0.25, -0.2) is 4.52 Å². The molecule has 4 nitrogen and oxygen atoms in total. The molecule has 2 aromatic rings. The van der Waals surface area contributed by atoms with Crippen LogP contribution in [0.25, 0.3) is 5.52 Å². The molecule has 0 bridgehead atoms. The number of nitrogens with two attached hydrogens (primary N) is 1. The molecule has 0 spiro atoms. The summed E-state index contributed by atoms with van der Waals surface area (Å²) in [7, 11) is 1.63. The number of ether oxygens (including phenoxy) is 1. The zero-order chi connectivity index (χ0) is 10.1. The van der Waals surface area contributed by atoms with Crippen LogP contribution in [0.3, 0.4) is 0 Å². The molecule has 0 saturated heterocycles. The molecule has 0 aliphatic rings. The van der Waals surface area contributed by atoms with Crippen LogP contribution in [0.1, 0.15) is 5.56 Å². The van der Waals surface area contributed by atoms with Crippen LogP contribution in [-0.2, 0) is 6.54 Å². The highest BCUT2D eigenvalue weighted by Gasteiger charge is 2.09. The molecule has 0 fully saturated rings. The molecule has 2 rings (SSSR count). The van der Waals surface area contributed by atoms with E-state index in [9.17, 15) is 0 Å². The summed E-state index contributed by atoms with van der Waals surface area (Å²) >= 11 is 3.38. The molecule has 0 radical (unpaired) electrons. The van der Waals surface area contributed by atoms with Gasteiger partial charge in [0.2, 0.25) is 0 Å². The molecule has 0 atom stereocenters. The highest BCUT2D eigenvalue weighted by atomic mass is 79.9. The molecule has 0 aliphatic heterocycles. The van der Waals surface area contributed by atoms with E-state index in [1.54, 1.807) is 17.8 Å². The van der Waals surface area contributed by atoms with E-state index < -0.39 is 0 Å². The highest BCUT2D eigenvalue weighted by molar-refractivity contribution is 9.10. The van der Waals surface area contributed by atoms with Crippen LogP contribution in [0.5, 0.6) is 5.75 Å². The first kappa shape index (κ1) is 9.48. The lowest BCUT2D eigenvalue weighted by molar-refractivity contribution is 0.417. The maximum absolute atomic E-state index is 5.60. The summed E-state index contributed by atoms with van der Waals surface area (Å²) in [5.41, 5.74) is 7.51. The first-order valence-electron chi connectivity index (χ1n) is 4.16. The number of methoxy groups -OCH3 is 1. The summed E-state index contributed by atoms with van der Waals surface area (Å²) < 4.78 is 7.94. The van der Waals surface area contributed by atoms with Crippen molar-refractivity contribution in [3.8, 4) is 5.75 Å². The lowest BCUT2D eigenvalue weighted by Gasteiger charge is -2.04. The minimum Gasteiger partial charge on any atom is -0.494 e. The molecule has 0 unspecified atom stereocenters. The number of fused-ring (bicyclic) bond motifs is 1. The number of hydrogen-bond donors (Lipinski definition) is 1. The highest BCUT2D eigenvalue weighted by Crippen LogP contribution is 2.26. The van der Waals surface area contributed by atoms with Gasteiger partial charge in [0.15, 0.2) is 0 Å². The molecule has 0 aliphatic carbocycles. The summed E-state index contributed by atoms with van der Waals surface area (Å²) in [5, 5.41) is 4.19. The van der Waals surface area contributed by atoms with Crippen molar-refractivity contribution in [3.05, 3.63) is 28.5 Å². The van der Waals surface area contributed by atoms with Crippen molar-refractivity contribution < 1.29 is 4.74 Å². The normalized spacial score (nSPS) is 10.8. The van der Waals surface area contributed by atoms with E-state index in [0.717, 1.165) is 21.3 Å². The minimum atomic E-state index is 0.460. The lowest BCUT2D eigenvalue weighted by atomic mass is 10.2. The maximum atomic E-state index is 5.60. The molecule has 2 N–H and O–H groups in total. The molecular weight excluding hydrogens is 246 g/mol. The van der Waals surface area contributed by atoms with Crippen molar-refractivity contribution in [3.63, 3.8) is 0 Å². The van der Waals surface area contributed by atoms with E-state index in [1.807, 2.05) is 12.3 Å². The van der Waals surface area contributed by atoms with Crippen LogP contribution >= 0.6 is 15.9 Å². The molecule has 0 aromatic carbocycles. The molecule has 0 saturated carbocycles. The van der Waals surface area contributed by atoms with E-state index in [4.69, 9.17) is 10.5 Å². The molecule has 0 amide bonds. The van der Waals surface area contributed by atoms with E-state index in [0.29, 0.717) is 6.54 Å². The van der Waals surface area contributed by atoms with Crippen molar-refractivity contribution in [2.75, 3.05) is 7.11 Å². The molecule has 2 heterocycles. The second-order valence-corrected chi connectivity index (χ2v) is 3.81. The average molecular weight is 256 g/mol. The maximum Gasteiger partial charge on any atom is 0.146 e. The van der Waals surface area contributed by atoms with E-state index in [1.165, 1.54) is 0 Å². The van der Waals surface area contributed by atoms with Crippen LogP contribution in [0.15, 0.2) is 22.9 Å². The summed E-state index contributed by atoms with van der Waals surface area (Å²) in [5.74, 6) is 0.775. The van der Waals surface area contributed by atoms with Gasteiger partial charge in [0.05, 0.1) is 13.3 Å². The van der Waals surface area contributed by atoms with Gasteiger partial charge in [-0.2, -0.15) is 5.10 Å². The first-order chi connectivity index (χ1) is 6.76. The Balaban J connectivity index is 2.78. The van der Waals surface area contributed by atoms with Crippen LogP contribution in [0.4, 0.5) is 0 Å². The third-order valence-electron chi connectivity index (χ3n) is 2.06. The monoisotopic (exact) mass is 255 g/mol. The van der Waals surface area contributed by atoms with Crippen molar-refractivity contribution >= 4 is 21.4 Å². The Morgan fingerprint density at radius 1 is 1.64 bits per heavy atom. The number of rotatable bonds is 2. The van der Waals surface area contributed by atoms with Crippen LogP contribution in [-0.4, -0.2) is 16.7 Å². The van der Waals surface area contributed by atoms with E-state index >= 15 is 0 Å². The minimum absolute atomic E-state index is 0.460.